The zero-order valence-corrected chi connectivity index (χ0v) is 17.7. The van der Waals surface area contributed by atoms with Gasteiger partial charge in [-0.1, -0.05) is 18.2 Å². The molecule has 1 fully saturated rings. The van der Waals surface area contributed by atoms with E-state index in [1.807, 2.05) is 36.4 Å². The highest BCUT2D eigenvalue weighted by Crippen LogP contribution is 2.38. The average Bonchev–Trinajstić information content (AvgIpc) is 3.49. The second-order valence-electron chi connectivity index (χ2n) is 8.27. The zero-order valence-electron chi connectivity index (χ0n) is 17.7. The van der Waals surface area contributed by atoms with Gasteiger partial charge in [-0.05, 0) is 42.0 Å². The van der Waals surface area contributed by atoms with Crippen molar-refractivity contribution >= 4 is 17.5 Å². The summed E-state index contributed by atoms with van der Waals surface area (Å²) in [7, 11) is 0. The summed E-state index contributed by atoms with van der Waals surface area (Å²) in [6.45, 7) is 0.800. The van der Waals surface area contributed by atoms with Crippen LogP contribution in [0.25, 0.3) is 0 Å². The van der Waals surface area contributed by atoms with E-state index in [-0.39, 0.29) is 24.7 Å². The molecule has 8 nitrogen and oxygen atoms in total. The first-order chi connectivity index (χ1) is 16.2. The first-order valence-electron chi connectivity index (χ1n) is 10.8. The fourth-order valence-corrected chi connectivity index (χ4v) is 4.63. The molecule has 2 aromatic carbocycles. The summed E-state index contributed by atoms with van der Waals surface area (Å²) in [5, 5.41) is 0. The van der Waals surface area contributed by atoms with Crippen LogP contribution in [0.2, 0.25) is 0 Å². The van der Waals surface area contributed by atoms with Gasteiger partial charge in [0, 0.05) is 24.4 Å². The van der Waals surface area contributed by atoms with Gasteiger partial charge in [0.1, 0.15) is 17.9 Å². The Balaban J connectivity index is 1.35. The molecular weight excluding hydrogens is 422 g/mol. The Morgan fingerprint density at radius 2 is 1.91 bits per heavy atom. The number of fused-ring (bicyclic) bond motifs is 4. The maximum absolute atomic E-state index is 13.9. The van der Waals surface area contributed by atoms with Crippen LogP contribution >= 0.6 is 0 Å². The van der Waals surface area contributed by atoms with Crippen molar-refractivity contribution in [1.29, 1.82) is 0 Å². The molecule has 3 aromatic rings. The minimum Gasteiger partial charge on any atom is -0.486 e. The van der Waals surface area contributed by atoms with E-state index in [0.29, 0.717) is 48.0 Å². The minimum atomic E-state index is -0.627. The van der Waals surface area contributed by atoms with Gasteiger partial charge < -0.3 is 24.0 Å². The topological polar surface area (TPSA) is 81.2 Å². The largest absolute Gasteiger partial charge is 0.486 e. The molecule has 0 aliphatic carbocycles. The standard InChI is InChI=1S/C25H21N3O5/c29-24(17-7-8-22-23(10-17)32-15-31-22)28-14-18-11-20(28)25(30)27(13-16-4-3-9-26-12-16)19-5-1-2-6-21(19)33-18/h1-10,12,18,20H,11,13-15H2/t18-,20-/m0/s1. The number of anilines is 1. The summed E-state index contributed by atoms with van der Waals surface area (Å²) in [6.07, 6.45) is 3.61. The van der Waals surface area contributed by atoms with Crippen molar-refractivity contribution in [1.82, 2.24) is 9.88 Å². The monoisotopic (exact) mass is 443 g/mol. The normalized spacial score (nSPS) is 20.7. The number of rotatable bonds is 3. The number of nitrogens with zero attached hydrogens (tertiary/aromatic N) is 3. The summed E-state index contributed by atoms with van der Waals surface area (Å²) in [5.41, 5.74) is 2.04. The van der Waals surface area contributed by atoms with E-state index in [4.69, 9.17) is 14.2 Å². The number of ether oxygens (including phenoxy) is 3. The number of hydrogen-bond donors (Lipinski definition) is 0. The average molecular weight is 443 g/mol. The number of pyridine rings is 1. The second-order valence-corrected chi connectivity index (χ2v) is 8.27. The molecule has 0 spiro atoms. The maximum Gasteiger partial charge on any atom is 0.254 e. The van der Waals surface area contributed by atoms with E-state index < -0.39 is 6.04 Å². The number of likely N-dealkylation sites (tertiary alicyclic amines) is 1. The molecule has 0 N–H and O–H groups in total. The van der Waals surface area contributed by atoms with Crippen molar-refractivity contribution in [3.63, 3.8) is 0 Å². The molecular formula is C25H21N3O5. The highest BCUT2D eigenvalue weighted by molar-refractivity contribution is 6.04. The van der Waals surface area contributed by atoms with Crippen LogP contribution in [0.5, 0.6) is 17.2 Å². The van der Waals surface area contributed by atoms with Crippen LogP contribution in [0, 0.1) is 0 Å². The molecule has 8 heteroatoms. The highest BCUT2D eigenvalue weighted by atomic mass is 16.7. The van der Waals surface area contributed by atoms with Gasteiger partial charge in [-0.15, -0.1) is 0 Å². The van der Waals surface area contributed by atoms with Crippen molar-refractivity contribution < 1.29 is 23.8 Å². The first kappa shape index (κ1) is 19.6. The molecule has 3 aliphatic rings. The summed E-state index contributed by atoms with van der Waals surface area (Å²) in [6, 6.07) is 15.7. The van der Waals surface area contributed by atoms with Crippen molar-refractivity contribution in [3.05, 3.63) is 78.1 Å². The lowest BCUT2D eigenvalue weighted by Gasteiger charge is -2.31. The number of para-hydroxylation sites is 2. The van der Waals surface area contributed by atoms with Crippen molar-refractivity contribution in [2.45, 2.75) is 25.1 Å². The van der Waals surface area contributed by atoms with Gasteiger partial charge in [0.2, 0.25) is 12.7 Å². The Hall–Kier alpha value is -4.07. The fraction of sp³-hybridized carbons (Fsp3) is 0.240. The molecule has 2 atom stereocenters. The van der Waals surface area contributed by atoms with Crippen molar-refractivity contribution in [3.8, 4) is 17.2 Å². The van der Waals surface area contributed by atoms with Crippen molar-refractivity contribution in [2.24, 2.45) is 0 Å². The lowest BCUT2D eigenvalue weighted by atomic mass is 10.1. The molecule has 4 heterocycles. The number of aromatic nitrogens is 1. The summed E-state index contributed by atoms with van der Waals surface area (Å²) >= 11 is 0. The Bertz CT molecular complexity index is 1230. The lowest BCUT2D eigenvalue weighted by Crippen LogP contribution is -2.47. The van der Waals surface area contributed by atoms with Crippen LogP contribution in [-0.4, -0.2) is 47.2 Å². The highest BCUT2D eigenvalue weighted by Gasteiger charge is 2.45. The fourth-order valence-electron chi connectivity index (χ4n) is 4.63. The van der Waals surface area contributed by atoms with E-state index in [1.54, 1.807) is 40.4 Å². The Morgan fingerprint density at radius 3 is 2.79 bits per heavy atom. The van der Waals surface area contributed by atoms with Crippen LogP contribution in [0.1, 0.15) is 22.3 Å². The van der Waals surface area contributed by atoms with E-state index in [2.05, 4.69) is 4.98 Å². The summed E-state index contributed by atoms with van der Waals surface area (Å²) in [4.78, 5) is 34.8. The number of carbonyl (C=O) groups excluding carboxylic acids is 2. The molecule has 0 unspecified atom stereocenters. The second kappa shape index (κ2) is 7.81. The van der Waals surface area contributed by atoms with Crippen LogP contribution in [0.15, 0.2) is 67.0 Å². The van der Waals surface area contributed by atoms with Crippen LogP contribution < -0.4 is 19.1 Å². The van der Waals surface area contributed by atoms with E-state index in [0.717, 1.165) is 5.56 Å². The Morgan fingerprint density at radius 1 is 1.03 bits per heavy atom. The number of carbonyl (C=O) groups is 2. The first-order valence-corrected chi connectivity index (χ1v) is 10.8. The van der Waals surface area contributed by atoms with E-state index in [1.165, 1.54) is 0 Å². The van der Waals surface area contributed by atoms with Gasteiger partial charge in [-0.25, -0.2) is 0 Å². The molecule has 33 heavy (non-hydrogen) atoms. The molecule has 1 saturated heterocycles. The number of amides is 2. The van der Waals surface area contributed by atoms with Crippen LogP contribution in [0.3, 0.4) is 0 Å². The van der Waals surface area contributed by atoms with Gasteiger partial charge in [0.05, 0.1) is 18.8 Å². The summed E-state index contributed by atoms with van der Waals surface area (Å²) in [5.74, 6) is 1.41. The Labute approximate surface area is 190 Å². The number of benzene rings is 2. The molecule has 6 rings (SSSR count). The molecule has 1 aromatic heterocycles. The van der Waals surface area contributed by atoms with Crippen LogP contribution in [0.4, 0.5) is 5.69 Å². The molecule has 166 valence electrons. The molecule has 3 aliphatic heterocycles. The predicted molar refractivity (Wildman–Crippen MR) is 118 cm³/mol. The van der Waals surface area contributed by atoms with Gasteiger partial charge >= 0.3 is 0 Å². The third-order valence-corrected chi connectivity index (χ3v) is 6.21. The quantitative estimate of drug-likeness (QED) is 0.619. The van der Waals surface area contributed by atoms with Crippen LogP contribution in [-0.2, 0) is 11.3 Å². The zero-order chi connectivity index (χ0) is 22.4. The molecule has 0 saturated carbocycles. The smallest absolute Gasteiger partial charge is 0.254 e. The number of hydrogen-bond acceptors (Lipinski definition) is 6. The maximum atomic E-state index is 13.9. The third-order valence-electron chi connectivity index (χ3n) is 6.21. The van der Waals surface area contributed by atoms with E-state index in [9.17, 15) is 9.59 Å². The third kappa shape index (κ3) is 3.44. The minimum absolute atomic E-state index is 0.133. The van der Waals surface area contributed by atoms with E-state index >= 15 is 0 Å². The predicted octanol–water partition coefficient (Wildman–Crippen LogP) is 3.02. The lowest BCUT2D eigenvalue weighted by molar-refractivity contribution is -0.122. The van der Waals surface area contributed by atoms with Gasteiger partial charge in [0.25, 0.3) is 5.91 Å². The van der Waals surface area contributed by atoms with Gasteiger partial charge in [0.15, 0.2) is 11.5 Å². The molecule has 2 amide bonds. The molecule has 0 radical (unpaired) electrons. The Kier molecular flexibility index (Phi) is 4.64. The van der Waals surface area contributed by atoms with Gasteiger partial charge in [-0.2, -0.15) is 0 Å². The summed E-state index contributed by atoms with van der Waals surface area (Å²) < 4.78 is 17.1. The SMILES string of the molecule is O=C1[C@@H]2C[C@@H](CN2C(=O)c2ccc3c(c2)OCO3)Oc2ccccc2N1Cc1cccnc1. The van der Waals surface area contributed by atoms with Crippen molar-refractivity contribution in [2.75, 3.05) is 18.2 Å². The van der Waals surface area contributed by atoms with Gasteiger partial charge in [-0.3, -0.25) is 14.6 Å². The molecule has 2 bridgehead atoms.